The number of benzene rings is 3. The number of rotatable bonds is 5. The Labute approximate surface area is 134 Å². The van der Waals surface area contributed by atoms with Gasteiger partial charge >= 0.3 is 0 Å². The molecule has 0 atom stereocenters. The molecule has 0 amide bonds. The molecule has 4 nitrogen and oxygen atoms in total. The second kappa shape index (κ2) is 6.75. The fourth-order valence-corrected chi connectivity index (χ4v) is 2.25. The number of ether oxygens (including phenoxy) is 1. The predicted molar refractivity (Wildman–Crippen MR) is 89.3 cm³/mol. The number of nitro benzene ring substituents is 1. The Morgan fingerprint density at radius 3 is 2.00 bits per heavy atom. The standard InChI is InChI=1S/C19H15NO3/c21-20(22)18-10-12-19(13-11-18)23-14-15-6-8-17(9-7-15)16-4-2-1-3-5-16/h1-13H,14H2. The average molecular weight is 305 g/mol. The molecule has 0 aliphatic heterocycles. The minimum atomic E-state index is -0.425. The highest BCUT2D eigenvalue weighted by molar-refractivity contribution is 5.63. The lowest BCUT2D eigenvalue weighted by Crippen LogP contribution is -1.95. The third-order valence-electron chi connectivity index (χ3n) is 3.51. The topological polar surface area (TPSA) is 52.4 Å². The lowest BCUT2D eigenvalue weighted by molar-refractivity contribution is -0.384. The molecule has 0 heterocycles. The zero-order chi connectivity index (χ0) is 16.1. The minimum absolute atomic E-state index is 0.0598. The van der Waals surface area contributed by atoms with Crippen molar-refractivity contribution in [3.05, 3.63) is 94.5 Å². The van der Waals surface area contributed by atoms with Crippen LogP contribution in [0.2, 0.25) is 0 Å². The van der Waals surface area contributed by atoms with Crippen molar-refractivity contribution >= 4 is 5.69 Å². The summed E-state index contributed by atoms with van der Waals surface area (Å²) < 4.78 is 5.65. The lowest BCUT2D eigenvalue weighted by atomic mass is 10.0. The quantitative estimate of drug-likeness (QED) is 0.500. The third kappa shape index (κ3) is 3.74. The summed E-state index contributed by atoms with van der Waals surface area (Å²) in [4.78, 5) is 10.2. The zero-order valence-electron chi connectivity index (χ0n) is 12.4. The van der Waals surface area contributed by atoms with Crippen molar-refractivity contribution in [1.82, 2.24) is 0 Å². The van der Waals surface area contributed by atoms with Crippen LogP contribution >= 0.6 is 0 Å². The minimum Gasteiger partial charge on any atom is -0.489 e. The SMILES string of the molecule is O=[N+]([O-])c1ccc(OCc2ccc(-c3ccccc3)cc2)cc1. The molecule has 0 bridgehead atoms. The maximum atomic E-state index is 10.6. The molecule has 0 spiro atoms. The van der Waals surface area contributed by atoms with E-state index in [1.807, 2.05) is 30.3 Å². The molecule has 114 valence electrons. The molecule has 23 heavy (non-hydrogen) atoms. The van der Waals surface area contributed by atoms with Crippen molar-refractivity contribution in [1.29, 1.82) is 0 Å². The lowest BCUT2D eigenvalue weighted by Gasteiger charge is -2.07. The van der Waals surface area contributed by atoms with Crippen LogP contribution in [0.25, 0.3) is 11.1 Å². The molecule has 0 saturated carbocycles. The van der Waals surface area contributed by atoms with E-state index in [4.69, 9.17) is 4.74 Å². The normalized spacial score (nSPS) is 10.3. The van der Waals surface area contributed by atoms with Crippen LogP contribution in [0.15, 0.2) is 78.9 Å². The summed E-state index contributed by atoms with van der Waals surface area (Å²) >= 11 is 0. The molecular weight excluding hydrogens is 290 g/mol. The Morgan fingerprint density at radius 2 is 1.39 bits per heavy atom. The van der Waals surface area contributed by atoms with Gasteiger partial charge in [0.25, 0.3) is 5.69 Å². The molecule has 0 saturated heterocycles. The van der Waals surface area contributed by atoms with E-state index in [-0.39, 0.29) is 5.69 Å². The van der Waals surface area contributed by atoms with Gasteiger partial charge in [0, 0.05) is 12.1 Å². The Morgan fingerprint density at radius 1 is 0.783 bits per heavy atom. The number of nitrogens with zero attached hydrogens (tertiary/aromatic N) is 1. The van der Waals surface area contributed by atoms with E-state index in [1.165, 1.54) is 17.7 Å². The Balaban J connectivity index is 1.63. The van der Waals surface area contributed by atoms with Gasteiger partial charge in [-0.1, -0.05) is 54.6 Å². The summed E-state index contributed by atoms with van der Waals surface area (Å²) in [5.41, 5.74) is 3.44. The van der Waals surface area contributed by atoms with Crippen molar-refractivity contribution in [2.45, 2.75) is 6.61 Å². The molecule has 3 aromatic carbocycles. The maximum absolute atomic E-state index is 10.6. The van der Waals surface area contributed by atoms with Crippen LogP contribution in [0.4, 0.5) is 5.69 Å². The number of nitro groups is 1. The van der Waals surface area contributed by atoms with Crippen molar-refractivity contribution in [3.63, 3.8) is 0 Å². The van der Waals surface area contributed by atoms with Crippen molar-refractivity contribution < 1.29 is 9.66 Å². The molecule has 3 rings (SSSR count). The van der Waals surface area contributed by atoms with Gasteiger partial charge in [-0.15, -0.1) is 0 Å². The Kier molecular flexibility index (Phi) is 4.34. The summed E-state index contributed by atoms with van der Waals surface area (Å²) in [5, 5.41) is 10.6. The van der Waals surface area contributed by atoms with Crippen LogP contribution in [0.1, 0.15) is 5.56 Å². The molecule has 0 aliphatic carbocycles. The second-order valence-electron chi connectivity index (χ2n) is 5.10. The number of hydrogen-bond acceptors (Lipinski definition) is 3. The molecule has 0 unspecified atom stereocenters. The van der Waals surface area contributed by atoms with E-state index < -0.39 is 4.92 Å². The van der Waals surface area contributed by atoms with E-state index in [0.717, 1.165) is 11.1 Å². The molecule has 3 aromatic rings. The van der Waals surface area contributed by atoms with E-state index in [2.05, 4.69) is 24.3 Å². The van der Waals surface area contributed by atoms with Gasteiger partial charge in [0.2, 0.25) is 0 Å². The molecule has 4 heteroatoms. The van der Waals surface area contributed by atoms with Crippen LogP contribution in [-0.2, 0) is 6.61 Å². The van der Waals surface area contributed by atoms with Gasteiger partial charge in [-0.05, 0) is 28.8 Å². The number of hydrogen-bond donors (Lipinski definition) is 0. The summed E-state index contributed by atoms with van der Waals surface area (Å²) in [7, 11) is 0. The van der Waals surface area contributed by atoms with Gasteiger partial charge in [0.15, 0.2) is 0 Å². The fourth-order valence-electron chi connectivity index (χ4n) is 2.25. The van der Waals surface area contributed by atoms with E-state index in [0.29, 0.717) is 12.4 Å². The highest BCUT2D eigenvalue weighted by Crippen LogP contribution is 2.21. The maximum Gasteiger partial charge on any atom is 0.269 e. The smallest absolute Gasteiger partial charge is 0.269 e. The first kappa shape index (κ1) is 14.8. The second-order valence-corrected chi connectivity index (χ2v) is 5.10. The first-order chi connectivity index (χ1) is 11.2. The summed E-state index contributed by atoms with van der Waals surface area (Å²) in [6.45, 7) is 0.423. The molecule has 0 aliphatic rings. The molecule has 0 fully saturated rings. The van der Waals surface area contributed by atoms with Crippen LogP contribution in [-0.4, -0.2) is 4.92 Å². The average Bonchev–Trinajstić information content (AvgIpc) is 2.61. The van der Waals surface area contributed by atoms with Gasteiger partial charge in [-0.3, -0.25) is 10.1 Å². The molecular formula is C19H15NO3. The molecule has 0 aromatic heterocycles. The van der Waals surface area contributed by atoms with Gasteiger partial charge in [-0.2, -0.15) is 0 Å². The van der Waals surface area contributed by atoms with Crippen LogP contribution in [0, 0.1) is 10.1 Å². The fraction of sp³-hybridized carbons (Fsp3) is 0.0526. The summed E-state index contributed by atoms with van der Waals surface area (Å²) in [6, 6.07) is 24.4. The van der Waals surface area contributed by atoms with Gasteiger partial charge in [-0.25, -0.2) is 0 Å². The highest BCUT2D eigenvalue weighted by atomic mass is 16.6. The zero-order valence-corrected chi connectivity index (χ0v) is 12.4. The van der Waals surface area contributed by atoms with Crippen LogP contribution < -0.4 is 4.74 Å². The Bertz CT molecular complexity index is 781. The highest BCUT2D eigenvalue weighted by Gasteiger charge is 2.04. The van der Waals surface area contributed by atoms with Crippen LogP contribution in [0.3, 0.4) is 0 Å². The monoisotopic (exact) mass is 305 g/mol. The van der Waals surface area contributed by atoms with Crippen molar-refractivity contribution in [2.24, 2.45) is 0 Å². The van der Waals surface area contributed by atoms with Crippen LogP contribution in [0.5, 0.6) is 5.75 Å². The van der Waals surface area contributed by atoms with E-state index in [1.54, 1.807) is 12.1 Å². The summed E-state index contributed by atoms with van der Waals surface area (Å²) in [6.07, 6.45) is 0. The van der Waals surface area contributed by atoms with Crippen molar-refractivity contribution in [2.75, 3.05) is 0 Å². The van der Waals surface area contributed by atoms with E-state index >= 15 is 0 Å². The first-order valence-electron chi connectivity index (χ1n) is 7.24. The predicted octanol–water partition coefficient (Wildman–Crippen LogP) is 4.84. The largest absolute Gasteiger partial charge is 0.489 e. The number of non-ortho nitro benzene ring substituents is 1. The first-order valence-corrected chi connectivity index (χ1v) is 7.24. The van der Waals surface area contributed by atoms with Gasteiger partial charge < -0.3 is 4.74 Å². The van der Waals surface area contributed by atoms with Gasteiger partial charge in [0.1, 0.15) is 12.4 Å². The van der Waals surface area contributed by atoms with Gasteiger partial charge in [0.05, 0.1) is 4.92 Å². The Hall–Kier alpha value is -3.14. The molecule has 0 N–H and O–H groups in total. The summed E-state index contributed by atoms with van der Waals surface area (Å²) in [5.74, 6) is 0.614. The van der Waals surface area contributed by atoms with Crippen molar-refractivity contribution in [3.8, 4) is 16.9 Å². The third-order valence-corrected chi connectivity index (χ3v) is 3.51. The molecule has 0 radical (unpaired) electrons. The van der Waals surface area contributed by atoms with E-state index in [9.17, 15) is 10.1 Å².